The molecule has 1 aromatic carbocycles. The third kappa shape index (κ3) is 6.00. The van der Waals surface area contributed by atoms with E-state index in [0.29, 0.717) is 28.6 Å². The van der Waals surface area contributed by atoms with Crippen LogP contribution in [0.15, 0.2) is 35.7 Å². The molecular formula is C16H18ClNO5S2. The Morgan fingerprint density at radius 2 is 2.08 bits per heavy atom. The van der Waals surface area contributed by atoms with Crippen LogP contribution in [0.4, 0.5) is 0 Å². The van der Waals surface area contributed by atoms with E-state index >= 15 is 0 Å². The maximum Gasteiger partial charge on any atom is 0.306 e. The largest absolute Gasteiger partial charge is 0.383 e. The summed E-state index contributed by atoms with van der Waals surface area (Å²) in [5.41, 5.74) is 0.499. The van der Waals surface area contributed by atoms with E-state index in [2.05, 4.69) is 0 Å². The predicted molar refractivity (Wildman–Crippen MR) is 97.9 cm³/mol. The number of hydrogen-bond acceptors (Lipinski definition) is 6. The first-order chi connectivity index (χ1) is 11.8. The molecule has 0 unspecified atom stereocenters. The van der Waals surface area contributed by atoms with E-state index in [4.69, 9.17) is 20.5 Å². The molecule has 0 bridgehead atoms. The molecule has 0 saturated heterocycles. The van der Waals surface area contributed by atoms with Crippen molar-refractivity contribution in [3.63, 3.8) is 0 Å². The third-order valence-corrected chi connectivity index (χ3v) is 4.78. The summed E-state index contributed by atoms with van der Waals surface area (Å²) < 4.78 is 33.0. The fraction of sp³-hybridized carbons (Fsp3) is 0.312. The molecule has 9 heteroatoms. The molecule has 136 valence electrons. The minimum absolute atomic E-state index is 0.144. The Morgan fingerprint density at radius 3 is 2.68 bits per heavy atom. The number of rotatable bonds is 8. The lowest BCUT2D eigenvalue weighted by molar-refractivity contribution is 0.0684. The van der Waals surface area contributed by atoms with Gasteiger partial charge in [-0.05, 0) is 29.6 Å². The Morgan fingerprint density at radius 1 is 1.32 bits per heavy atom. The summed E-state index contributed by atoms with van der Waals surface area (Å²) in [6, 6.07) is 8.13. The molecule has 0 aliphatic rings. The van der Waals surface area contributed by atoms with Gasteiger partial charge in [-0.1, -0.05) is 17.7 Å². The van der Waals surface area contributed by atoms with Crippen LogP contribution in [0.25, 0.3) is 0 Å². The smallest absolute Gasteiger partial charge is 0.306 e. The van der Waals surface area contributed by atoms with Gasteiger partial charge in [0.1, 0.15) is 5.75 Å². The molecular weight excluding hydrogens is 386 g/mol. The lowest BCUT2D eigenvalue weighted by Crippen LogP contribution is -2.33. The number of halogens is 1. The summed E-state index contributed by atoms with van der Waals surface area (Å²) in [6.07, 6.45) is 0.963. The first-order valence-corrected chi connectivity index (χ1v) is 10.4. The quantitative estimate of drug-likeness (QED) is 0.633. The molecule has 2 aromatic rings. The molecule has 6 nitrogen and oxygen atoms in total. The van der Waals surface area contributed by atoms with Gasteiger partial charge in [0.15, 0.2) is 0 Å². The zero-order chi connectivity index (χ0) is 18.4. The fourth-order valence-electron chi connectivity index (χ4n) is 2.13. The third-order valence-electron chi connectivity index (χ3n) is 3.21. The molecule has 0 N–H and O–H groups in total. The van der Waals surface area contributed by atoms with E-state index < -0.39 is 10.1 Å². The van der Waals surface area contributed by atoms with Crippen molar-refractivity contribution in [3.05, 3.63) is 51.2 Å². The molecule has 2 rings (SSSR count). The number of nitrogens with zero attached hydrogens (tertiary/aromatic N) is 1. The number of carbonyl (C=O) groups excluding carboxylic acids is 1. The summed E-state index contributed by atoms with van der Waals surface area (Å²) in [5.74, 6) is -0.0226. The molecule has 0 atom stereocenters. The van der Waals surface area contributed by atoms with Gasteiger partial charge >= 0.3 is 10.1 Å². The average Bonchev–Trinajstić information content (AvgIpc) is 3.06. The minimum atomic E-state index is -3.70. The van der Waals surface area contributed by atoms with Crippen LogP contribution in [-0.4, -0.2) is 45.7 Å². The Labute approximate surface area is 156 Å². The zero-order valence-corrected chi connectivity index (χ0v) is 16.2. The fourth-order valence-corrected chi connectivity index (χ4v) is 3.51. The van der Waals surface area contributed by atoms with Gasteiger partial charge in [0.05, 0.1) is 17.7 Å². The van der Waals surface area contributed by atoms with Crippen LogP contribution in [0.2, 0.25) is 5.02 Å². The summed E-state index contributed by atoms with van der Waals surface area (Å²) in [5, 5.41) is 2.24. The molecule has 0 aliphatic heterocycles. The van der Waals surface area contributed by atoms with Gasteiger partial charge in [0, 0.05) is 30.8 Å². The predicted octanol–water partition coefficient (Wildman–Crippen LogP) is 3.03. The molecule has 1 amide bonds. The zero-order valence-electron chi connectivity index (χ0n) is 13.8. The lowest BCUT2D eigenvalue weighted by Gasteiger charge is -2.23. The van der Waals surface area contributed by atoms with E-state index in [-0.39, 0.29) is 18.2 Å². The highest BCUT2D eigenvalue weighted by atomic mass is 35.5. The summed E-state index contributed by atoms with van der Waals surface area (Å²) in [6.45, 7) is 0.837. The number of carbonyl (C=O) groups is 1. The van der Waals surface area contributed by atoms with Crippen molar-refractivity contribution < 1.29 is 22.1 Å². The highest BCUT2D eigenvalue weighted by Gasteiger charge is 2.20. The first-order valence-electron chi connectivity index (χ1n) is 7.30. The number of benzene rings is 1. The number of amides is 1. The number of methoxy groups -OCH3 is 1. The second kappa shape index (κ2) is 8.66. The van der Waals surface area contributed by atoms with Crippen molar-refractivity contribution in [2.75, 3.05) is 26.5 Å². The Hall–Kier alpha value is -1.61. The van der Waals surface area contributed by atoms with Crippen LogP contribution in [0.5, 0.6) is 5.75 Å². The molecule has 0 radical (unpaired) electrons. The second-order valence-corrected chi connectivity index (χ2v) is 8.20. The molecule has 0 spiro atoms. The number of thiophene rings is 1. The van der Waals surface area contributed by atoms with Crippen LogP contribution in [0.1, 0.15) is 15.2 Å². The monoisotopic (exact) mass is 403 g/mol. The van der Waals surface area contributed by atoms with E-state index in [1.54, 1.807) is 30.2 Å². The maximum atomic E-state index is 12.7. The minimum Gasteiger partial charge on any atom is -0.383 e. The highest BCUT2D eigenvalue weighted by molar-refractivity contribution is 7.86. The SMILES string of the molecule is COCCN(Cc1cc(Cl)ccc1OS(C)(=O)=O)C(=O)c1cccs1. The Bertz CT molecular complexity index is 821. The first kappa shape index (κ1) is 19.7. The van der Waals surface area contributed by atoms with Gasteiger partial charge < -0.3 is 13.8 Å². The Kier molecular flexibility index (Phi) is 6.83. The topological polar surface area (TPSA) is 72.9 Å². The van der Waals surface area contributed by atoms with Crippen molar-refractivity contribution in [2.24, 2.45) is 0 Å². The normalized spacial score (nSPS) is 11.3. The maximum absolute atomic E-state index is 12.7. The molecule has 1 aromatic heterocycles. The van der Waals surface area contributed by atoms with Gasteiger partial charge in [-0.15, -0.1) is 11.3 Å². The Balaban J connectivity index is 2.31. The van der Waals surface area contributed by atoms with Gasteiger partial charge in [-0.2, -0.15) is 8.42 Å². The van der Waals surface area contributed by atoms with Crippen LogP contribution in [0, 0.1) is 0 Å². The van der Waals surface area contributed by atoms with Gasteiger partial charge in [0.2, 0.25) is 0 Å². The van der Waals surface area contributed by atoms with Crippen molar-refractivity contribution in [3.8, 4) is 5.75 Å². The van der Waals surface area contributed by atoms with Crippen molar-refractivity contribution in [1.29, 1.82) is 0 Å². The number of hydrogen-bond donors (Lipinski definition) is 0. The molecule has 1 heterocycles. The lowest BCUT2D eigenvalue weighted by atomic mass is 10.2. The summed E-state index contributed by atoms with van der Waals surface area (Å²) in [4.78, 5) is 14.8. The van der Waals surface area contributed by atoms with Gasteiger partial charge in [0.25, 0.3) is 5.91 Å². The van der Waals surface area contributed by atoms with Crippen molar-refractivity contribution in [1.82, 2.24) is 4.90 Å². The van der Waals surface area contributed by atoms with Gasteiger partial charge in [-0.3, -0.25) is 4.79 Å². The van der Waals surface area contributed by atoms with Crippen LogP contribution < -0.4 is 4.18 Å². The average molecular weight is 404 g/mol. The van der Waals surface area contributed by atoms with E-state index in [0.717, 1.165) is 6.26 Å². The van der Waals surface area contributed by atoms with Crippen molar-refractivity contribution in [2.45, 2.75) is 6.54 Å². The molecule has 25 heavy (non-hydrogen) atoms. The summed E-state index contributed by atoms with van der Waals surface area (Å²) >= 11 is 7.36. The van der Waals surface area contributed by atoms with Crippen LogP contribution in [0.3, 0.4) is 0 Å². The van der Waals surface area contributed by atoms with E-state index in [9.17, 15) is 13.2 Å². The molecule has 0 fully saturated rings. The number of ether oxygens (including phenoxy) is 1. The van der Waals surface area contributed by atoms with Crippen molar-refractivity contribution >= 4 is 39.0 Å². The molecule has 0 aliphatic carbocycles. The van der Waals surface area contributed by atoms with Gasteiger partial charge in [-0.25, -0.2) is 0 Å². The van der Waals surface area contributed by atoms with E-state index in [1.807, 2.05) is 5.38 Å². The van der Waals surface area contributed by atoms with E-state index in [1.165, 1.54) is 23.5 Å². The highest BCUT2D eigenvalue weighted by Crippen LogP contribution is 2.26. The van der Waals surface area contributed by atoms with Crippen LogP contribution >= 0.6 is 22.9 Å². The molecule has 0 saturated carbocycles. The standard InChI is InChI=1S/C16H18ClNO5S2/c1-22-8-7-18(16(19)15-4-3-9-24-15)11-12-10-13(17)5-6-14(12)23-25(2,20)21/h3-6,9-10H,7-8,11H2,1-2H3. The second-order valence-electron chi connectivity index (χ2n) is 5.24. The summed E-state index contributed by atoms with van der Waals surface area (Å²) in [7, 11) is -2.15. The van der Waals surface area contributed by atoms with Crippen LogP contribution in [-0.2, 0) is 21.4 Å².